The number of hydrogen-bond acceptors (Lipinski definition) is 4. The van der Waals surface area contributed by atoms with Crippen LogP contribution in [0.2, 0.25) is 0 Å². The van der Waals surface area contributed by atoms with Crippen molar-refractivity contribution >= 4 is 34.8 Å². The van der Waals surface area contributed by atoms with E-state index in [4.69, 9.17) is 0 Å². The number of carbonyl (C=O) groups is 3. The van der Waals surface area contributed by atoms with Crippen molar-refractivity contribution in [3.05, 3.63) is 54.1 Å². The van der Waals surface area contributed by atoms with Gasteiger partial charge in [-0.1, -0.05) is 27.7 Å². The molecule has 7 nitrogen and oxygen atoms in total. The first-order valence-corrected chi connectivity index (χ1v) is 11.2. The number of rotatable bonds is 11. The van der Waals surface area contributed by atoms with E-state index in [0.29, 0.717) is 16.9 Å². The predicted molar refractivity (Wildman–Crippen MR) is 130 cm³/mol. The number of hydrogen-bond donors (Lipinski definition) is 3. The fraction of sp³-hybridized carbons (Fsp3) is 0.400. The summed E-state index contributed by atoms with van der Waals surface area (Å²) in [6, 6.07) is 14.2. The van der Waals surface area contributed by atoms with Gasteiger partial charge in [0.2, 0.25) is 11.8 Å². The normalized spacial score (nSPS) is 10.5. The summed E-state index contributed by atoms with van der Waals surface area (Å²) in [7, 11) is 0. The van der Waals surface area contributed by atoms with Crippen LogP contribution in [0, 0.1) is 5.92 Å². The van der Waals surface area contributed by atoms with Crippen molar-refractivity contribution in [2.24, 2.45) is 5.92 Å². The lowest BCUT2D eigenvalue weighted by atomic mass is 10.1. The lowest BCUT2D eigenvalue weighted by Crippen LogP contribution is -2.32. The highest BCUT2D eigenvalue weighted by atomic mass is 16.2. The Morgan fingerprint density at radius 3 is 1.81 bits per heavy atom. The third-order valence-corrected chi connectivity index (χ3v) is 4.82. The zero-order chi connectivity index (χ0) is 23.5. The van der Waals surface area contributed by atoms with Crippen molar-refractivity contribution in [3.8, 4) is 0 Å². The minimum Gasteiger partial charge on any atom is -0.376 e. The molecule has 0 unspecified atom stereocenters. The first-order chi connectivity index (χ1) is 15.3. The molecule has 7 heteroatoms. The molecule has 0 aliphatic heterocycles. The summed E-state index contributed by atoms with van der Waals surface area (Å²) in [4.78, 5) is 38.5. The molecule has 0 bridgehead atoms. The second-order valence-corrected chi connectivity index (χ2v) is 7.99. The van der Waals surface area contributed by atoms with Crippen LogP contribution in [0.15, 0.2) is 48.5 Å². The molecule has 172 valence electrons. The molecule has 0 aliphatic carbocycles. The fourth-order valence-corrected chi connectivity index (χ4v) is 3.08. The van der Waals surface area contributed by atoms with E-state index in [1.165, 1.54) is 0 Å². The molecular formula is C25H34N4O3. The SMILES string of the molecule is CCCN(CCC)C(=O)c1ccc(NC(=O)CNc2ccc(NC(=O)C(C)C)cc2)cc1. The molecule has 2 aromatic rings. The summed E-state index contributed by atoms with van der Waals surface area (Å²) in [5, 5.41) is 8.71. The lowest BCUT2D eigenvalue weighted by Gasteiger charge is -2.21. The van der Waals surface area contributed by atoms with Gasteiger partial charge < -0.3 is 20.9 Å². The molecule has 0 radical (unpaired) electrons. The molecule has 0 heterocycles. The van der Waals surface area contributed by atoms with E-state index in [2.05, 4.69) is 29.8 Å². The van der Waals surface area contributed by atoms with Crippen LogP contribution >= 0.6 is 0 Å². The summed E-state index contributed by atoms with van der Waals surface area (Å²) < 4.78 is 0. The first-order valence-electron chi connectivity index (χ1n) is 11.2. The molecule has 32 heavy (non-hydrogen) atoms. The number of nitrogens with zero attached hydrogens (tertiary/aromatic N) is 1. The van der Waals surface area contributed by atoms with Crippen molar-refractivity contribution in [3.63, 3.8) is 0 Å². The average molecular weight is 439 g/mol. The lowest BCUT2D eigenvalue weighted by molar-refractivity contribution is -0.119. The molecule has 0 fully saturated rings. The van der Waals surface area contributed by atoms with E-state index >= 15 is 0 Å². The van der Waals surface area contributed by atoms with Gasteiger partial charge in [0.05, 0.1) is 6.54 Å². The van der Waals surface area contributed by atoms with E-state index < -0.39 is 0 Å². The summed E-state index contributed by atoms with van der Waals surface area (Å²) in [6.45, 7) is 9.36. The predicted octanol–water partition coefficient (Wildman–Crippen LogP) is 4.59. The number of benzene rings is 2. The average Bonchev–Trinajstić information content (AvgIpc) is 2.78. The van der Waals surface area contributed by atoms with Crippen LogP contribution < -0.4 is 16.0 Å². The molecule has 0 spiro atoms. The van der Waals surface area contributed by atoms with E-state index in [1.807, 2.05) is 30.9 Å². The van der Waals surface area contributed by atoms with Crippen molar-refractivity contribution in [1.82, 2.24) is 4.90 Å². The fourth-order valence-electron chi connectivity index (χ4n) is 3.08. The second kappa shape index (κ2) is 12.5. The minimum absolute atomic E-state index is 0.0151. The smallest absolute Gasteiger partial charge is 0.253 e. The zero-order valence-corrected chi connectivity index (χ0v) is 19.4. The van der Waals surface area contributed by atoms with Crippen LogP contribution in [0.25, 0.3) is 0 Å². The Morgan fingerprint density at radius 1 is 0.781 bits per heavy atom. The Hall–Kier alpha value is -3.35. The van der Waals surface area contributed by atoms with Crippen molar-refractivity contribution < 1.29 is 14.4 Å². The van der Waals surface area contributed by atoms with Gasteiger partial charge >= 0.3 is 0 Å². The standard InChI is InChI=1S/C25H34N4O3/c1-5-15-29(16-6-2)25(32)19-7-9-21(10-8-19)27-23(30)17-26-20-11-13-22(14-12-20)28-24(31)18(3)4/h7-14,18,26H,5-6,15-17H2,1-4H3,(H,27,30)(H,28,31). The molecule has 0 saturated heterocycles. The van der Waals surface area contributed by atoms with Crippen molar-refractivity contribution in [1.29, 1.82) is 0 Å². The Bertz CT molecular complexity index is 886. The van der Waals surface area contributed by atoms with Gasteiger partial charge in [-0.25, -0.2) is 0 Å². The highest BCUT2D eigenvalue weighted by molar-refractivity contribution is 5.97. The molecule has 2 rings (SSSR count). The Balaban J connectivity index is 1.85. The number of anilines is 3. The highest BCUT2D eigenvalue weighted by Crippen LogP contribution is 2.15. The van der Waals surface area contributed by atoms with Gasteiger partial charge in [-0.2, -0.15) is 0 Å². The third-order valence-electron chi connectivity index (χ3n) is 4.82. The highest BCUT2D eigenvalue weighted by Gasteiger charge is 2.14. The van der Waals surface area contributed by atoms with Crippen LogP contribution in [0.3, 0.4) is 0 Å². The first kappa shape index (κ1) is 24.9. The molecule has 0 atom stereocenters. The van der Waals surface area contributed by atoms with Crippen LogP contribution in [0.5, 0.6) is 0 Å². The van der Waals surface area contributed by atoms with E-state index in [0.717, 1.165) is 31.6 Å². The summed E-state index contributed by atoms with van der Waals surface area (Å²) in [6.07, 6.45) is 1.84. The molecule has 3 amide bonds. The molecule has 0 aromatic heterocycles. The molecule has 0 saturated carbocycles. The van der Waals surface area contributed by atoms with Crippen LogP contribution in [0.1, 0.15) is 50.9 Å². The Labute approximate surface area is 190 Å². The second-order valence-electron chi connectivity index (χ2n) is 7.99. The van der Waals surface area contributed by atoms with Gasteiger partial charge in [-0.3, -0.25) is 14.4 Å². The molecule has 2 aromatic carbocycles. The maximum absolute atomic E-state index is 12.6. The van der Waals surface area contributed by atoms with Gasteiger partial charge in [0.25, 0.3) is 5.91 Å². The topological polar surface area (TPSA) is 90.5 Å². The van der Waals surface area contributed by atoms with E-state index in [1.54, 1.807) is 36.4 Å². The summed E-state index contributed by atoms with van der Waals surface area (Å²) >= 11 is 0. The van der Waals surface area contributed by atoms with Crippen molar-refractivity contribution in [2.75, 3.05) is 35.6 Å². The molecular weight excluding hydrogens is 404 g/mol. The minimum atomic E-state index is -0.195. The van der Waals surface area contributed by atoms with Crippen LogP contribution in [-0.4, -0.2) is 42.3 Å². The quantitative estimate of drug-likeness (QED) is 0.478. The maximum atomic E-state index is 12.6. The van der Waals surface area contributed by atoms with Gasteiger partial charge in [0.1, 0.15) is 0 Å². The van der Waals surface area contributed by atoms with E-state index in [9.17, 15) is 14.4 Å². The van der Waals surface area contributed by atoms with Crippen LogP contribution in [-0.2, 0) is 9.59 Å². The molecule has 0 aliphatic rings. The van der Waals surface area contributed by atoms with Crippen molar-refractivity contribution in [2.45, 2.75) is 40.5 Å². The van der Waals surface area contributed by atoms with Gasteiger partial charge in [-0.15, -0.1) is 0 Å². The molecule has 3 N–H and O–H groups in total. The number of nitrogens with one attached hydrogen (secondary N) is 3. The zero-order valence-electron chi connectivity index (χ0n) is 19.4. The largest absolute Gasteiger partial charge is 0.376 e. The maximum Gasteiger partial charge on any atom is 0.253 e. The van der Waals surface area contributed by atoms with Gasteiger partial charge in [-0.05, 0) is 61.4 Å². The Morgan fingerprint density at radius 2 is 1.28 bits per heavy atom. The summed E-state index contributed by atoms with van der Waals surface area (Å²) in [5.41, 5.74) is 2.74. The Kier molecular flexibility index (Phi) is 9.73. The van der Waals surface area contributed by atoms with Gasteiger partial charge in [0, 0.05) is 41.6 Å². The van der Waals surface area contributed by atoms with E-state index in [-0.39, 0.29) is 30.2 Å². The monoisotopic (exact) mass is 438 g/mol. The third kappa shape index (κ3) is 7.72. The number of carbonyl (C=O) groups excluding carboxylic acids is 3. The van der Waals surface area contributed by atoms with Gasteiger partial charge in [0.15, 0.2) is 0 Å². The van der Waals surface area contributed by atoms with Crippen LogP contribution in [0.4, 0.5) is 17.1 Å². The number of amides is 3. The summed E-state index contributed by atoms with van der Waals surface area (Å²) in [5.74, 6) is -0.308.